The predicted molar refractivity (Wildman–Crippen MR) is 149 cm³/mol. The van der Waals surface area contributed by atoms with Gasteiger partial charge in [0.2, 0.25) is 5.91 Å². The van der Waals surface area contributed by atoms with Crippen LogP contribution in [0.5, 0.6) is 0 Å². The number of Topliss-reactive ketones (excluding diaryl/α,β-unsaturated/α-hetero) is 1. The Labute approximate surface area is 232 Å². The number of pyridine rings is 1. The van der Waals surface area contributed by atoms with Crippen LogP contribution in [-0.2, 0) is 16.1 Å². The fourth-order valence-electron chi connectivity index (χ4n) is 4.97. The molecule has 0 radical (unpaired) electrons. The summed E-state index contributed by atoms with van der Waals surface area (Å²) in [5.74, 6) is -1.80. The molecule has 1 aliphatic carbocycles. The summed E-state index contributed by atoms with van der Waals surface area (Å²) in [5.41, 5.74) is 11.6. The van der Waals surface area contributed by atoms with E-state index in [-0.39, 0.29) is 35.8 Å². The number of ether oxygens (including phenoxy) is 1. The normalized spacial score (nSPS) is 17.8. The van der Waals surface area contributed by atoms with Gasteiger partial charge in [-0.25, -0.2) is 4.79 Å². The molecule has 10 nitrogen and oxygen atoms in total. The van der Waals surface area contributed by atoms with Crippen LogP contribution >= 0.6 is 0 Å². The lowest BCUT2D eigenvalue weighted by atomic mass is 9.79. The first-order valence-corrected chi connectivity index (χ1v) is 14.1. The summed E-state index contributed by atoms with van der Waals surface area (Å²) in [6.45, 7) is 8.42. The van der Waals surface area contributed by atoms with Crippen molar-refractivity contribution in [3.05, 3.63) is 29.1 Å². The predicted octanol–water partition coefficient (Wildman–Crippen LogP) is 2.48. The summed E-state index contributed by atoms with van der Waals surface area (Å²) in [6, 6.07) is -0.0879. The second-order valence-corrected chi connectivity index (χ2v) is 12.2. The number of carbonyl (C=O) groups excluding carboxylic acids is 3. The zero-order valence-electron chi connectivity index (χ0n) is 24.1. The number of ketones is 1. The number of amides is 1. The van der Waals surface area contributed by atoms with E-state index in [1.807, 2.05) is 13.8 Å². The van der Waals surface area contributed by atoms with E-state index in [4.69, 9.17) is 21.3 Å². The van der Waals surface area contributed by atoms with E-state index in [0.717, 1.165) is 19.3 Å². The summed E-state index contributed by atoms with van der Waals surface area (Å²) < 4.78 is 5.57. The Balaban J connectivity index is 2.28. The molecule has 0 saturated heterocycles. The zero-order chi connectivity index (χ0) is 29.3. The molecule has 10 heteroatoms. The number of aromatic nitrogens is 1. The van der Waals surface area contributed by atoms with Crippen molar-refractivity contribution in [2.75, 3.05) is 6.61 Å². The molecule has 4 atom stereocenters. The molecular formula is C29H48N4O6. The van der Waals surface area contributed by atoms with E-state index in [2.05, 4.69) is 10.3 Å². The standard InChI is InChI=1S/C29H48N4O6/c1-17(2)20(13-25(35)23(30)11-18-9-7-6-8-10-18)26(36)22-15-32-19(14-33-27(37)24(31)16-34)12-21(22)28(38)39-29(3,4)5/h12,15,17-18,20,23-25,34-35H,6-11,13-14,16,30-31H2,1-5H3,(H,33,37)/t20?,23-,24-,25-/m0/s1. The number of hydrogen-bond acceptors (Lipinski definition) is 9. The Morgan fingerprint density at radius 2 is 1.77 bits per heavy atom. The van der Waals surface area contributed by atoms with Gasteiger partial charge in [-0.1, -0.05) is 46.0 Å². The Morgan fingerprint density at radius 1 is 1.13 bits per heavy atom. The third-order valence-electron chi connectivity index (χ3n) is 7.28. The number of nitrogens with zero attached hydrogens (tertiary/aromatic N) is 1. The van der Waals surface area contributed by atoms with Crippen molar-refractivity contribution in [3.8, 4) is 0 Å². The van der Waals surface area contributed by atoms with Gasteiger partial charge in [-0.3, -0.25) is 14.6 Å². The van der Waals surface area contributed by atoms with Crippen molar-refractivity contribution in [1.82, 2.24) is 10.3 Å². The largest absolute Gasteiger partial charge is 0.456 e. The number of esters is 1. The molecule has 1 saturated carbocycles. The third kappa shape index (κ3) is 10.3. The minimum Gasteiger partial charge on any atom is -0.456 e. The Kier molecular flexibility index (Phi) is 12.5. The quantitative estimate of drug-likeness (QED) is 0.183. The smallest absolute Gasteiger partial charge is 0.339 e. The van der Waals surface area contributed by atoms with Crippen LogP contribution in [0.3, 0.4) is 0 Å². The second-order valence-electron chi connectivity index (χ2n) is 12.2. The van der Waals surface area contributed by atoms with Crippen LogP contribution < -0.4 is 16.8 Å². The number of nitrogens with two attached hydrogens (primary N) is 2. The third-order valence-corrected chi connectivity index (χ3v) is 7.28. The van der Waals surface area contributed by atoms with Crippen molar-refractivity contribution < 1.29 is 29.3 Å². The lowest BCUT2D eigenvalue weighted by Gasteiger charge is -2.30. The van der Waals surface area contributed by atoms with Gasteiger partial charge in [-0.05, 0) is 51.5 Å². The molecule has 0 bridgehead atoms. The lowest BCUT2D eigenvalue weighted by Crippen LogP contribution is -2.42. The molecule has 0 aromatic carbocycles. The SMILES string of the molecule is CC(C)C(C[C@H](O)[C@@H](N)CC1CCCCC1)C(=O)c1cnc(CNC(=O)[C@@H](N)CO)cc1C(=O)OC(C)(C)C. The molecule has 1 unspecified atom stereocenters. The number of carbonyl (C=O) groups is 3. The maximum atomic E-state index is 13.8. The van der Waals surface area contributed by atoms with Crippen molar-refractivity contribution in [2.45, 2.75) is 110 Å². The van der Waals surface area contributed by atoms with Crippen molar-refractivity contribution >= 4 is 17.7 Å². The molecule has 39 heavy (non-hydrogen) atoms. The molecule has 1 fully saturated rings. The molecular weight excluding hydrogens is 500 g/mol. The van der Waals surface area contributed by atoms with Crippen LogP contribution in [0.1, 0.15) is 106 Å². The highest BCUT2D eigenvalue weighted by atomic mass is 16.6. The molecule has 7 N–H and O–H groups in total. The van der Waals surface area contributed by atoms with Gasteiger partial charge in [-0.2, -0.15) is 0 Å². The van der Waals surface area contributed by atoms with E-state index in [1.54, 1.807) is 20.8 Å². The van der Waals surface area contributed by atoms with Crippen LogP contribution in [0, 0.1) is 17.8 Å². The molecule has 0 spiro atoms. The van der Waals surface area contributed by atoms with E-state index >= 15 is 0 Å². The van der Waals surface area contributed by atoms with Gasteiger partial charge in [0.1, 0.15) is 11.6 Å². The summed E-state index contributed by atoms with van der Waals surface area (Å²) >= 11 is 0. The second kappa shape index (κ2) is 14.8. The van der Waals surface area contributed by atoms with Crippen LogP contribution in [0.4, 0.5) is 0 Å². The van der Waals surface area contributed by atoms with Gasteiger partial charge >= 0.3 is 5.97 Å². The van der Waals surface area contributed by atoms with Crippen LogP contribution in [0.2, 0.25) is 0 Å². The zero-order valence-corrected chi connectivity index (χ0v) is 24.1. The number of aliphatic hydroxyl groups is 2. The average Bonchev–Trinajstić information content (AvgIpc) is 2.88. The van der Waals surface area contributed by atoms with Crippen LogP contribution in [0.25, 0.3) is 0 Å². The van der Waals surface area contributed by atoms with Crippen molar-refractivity contribution in [3.63, 3.8) is 0 Å². The number of aliphatic hydroxyl groups excluding tert-OH is 2. The van der Waals surface area contributed by atoms with Crippen LogP contribution in [-0.4, -0.2) is 63.3 Å². The lowest BCUT2D eigenvalue weighted by molar-refractivity contribution is -0.123. The highest BCUT2D eigenvalue weighted by Gasteiger charge is 2.33. The summed E-state index contributed by atoms with van der Waals surface area (Å²) in [5, 5.41) is 22.6. The maximum absolute atomic E-state index is 13.8. The first kappa shape index (κ1) is 32.8. The van der Waals surface area contributed by atoms with E-state index < -0.39 is 48.2 Å². The summed E-state index contributed by atoms with van der Waals surface area (Å²) in [7, 11) is 0. The van der Waals surface area contributed by atoms with Gasteiger partial charge < -0.3 is 31.7 Å². The fraction of sp³-hybridized carbons (Fsp3) is 0.724. The Morgan fingerprint density at radius 3 is 2.33 bits per heavy atom. The highest BCUT2D eigenvalue weighted by Crippen LogP contribution is 2.30. The molecule has 1 heterocycles. The summed E-state index contributed by atoms with van der Waals surface area (Å²) in [6.07, 6.45) is 7.23. The minimum absolute atomic E-state index is 0.0345. The molecule has 220 valence electrons. The minimum atomic E-state index is -1.08. The molecule has 1 amide bonds. The van der Waals surface area contributed by atoms with E-state index in [1.165, 1.54) is 31.5 Å². The fourth-order valence-corrected chi connectivity index (χ4v) is 4.97. The number of rotatable bonds is 13. The van der Waals surface area contributed by atoms with E-state index in [9.17, 15) is 19.5 Å². The van der Waals surface area contributed by atoms with Crippen molar-refractivity contribution in [1.29, 1.82) is 0 Å². The van der Waals surface area contributed by atoms with Gasteiger partial charge in [0.15, 0.2) is 5.78 Å². The van der Waals surface area contributed by atoms with Gasteiger partial charge in [0, 0.05) is 18.2 Å². The van der Waals surface area contributed by atoms with E-state index in [0.29, 0.717) is 11.6 Å². The Bertz CT molecular complexity index is 971. The molecule has 1 aromatic heterocycles. The average molecular weight is 549 g/mol. The highest BCUT2D eigenvalue weighted by molar-refractivity contribution is 6.07. The Hall–Kier alpha value is -2.40. The van der Waals surface area contributed by atoms with Crippen molar-refractivity contribution in [2.24, 2.45) is 29.2 Å². The molecule has 0 aliphatic heterocycles. The molecule has 2 rings (SSSR count). The number of hydrogen-bond donors (Lipinski definition) is 5. The summed E-state index contributed by atoms with van der Waals surface area (Å²) in [4.78, 5) is 43.2. The maximum Gasteiger partial charge on any atom is 0.339 e. The topological polar surface area (TPSA) is 178 Å². The monoisotopic (exact) mass is 548 g/mol. The van der Waals surface area contributed by atoms with Gasteiger partial charge in [0.25, 0.3) is 0 Å². The molecule has 1 aliphatic rings. The van der Waals surface area contributed by atoms with Gasteiger partial charge in [0.05, 0.1) is 36.1 Å². The first-order valence-electron chi connectivity index (χ1n) is 14.1. The number of nitrogens with one attached hydrogen (secondary N) is 1. The first-order chi connectivity index (χ1) is 18.2. The molecule has 1 aromatic rings. The van der Waals surface area contributed by atoms with Crippen LogP contribution in [0.15, 0.2) is 12.3 Å². The van der Waals surface area contributed by atoms with Gasteiger partial charge in [-0.15, -0.1) is 0 Å².